The van der Waals surface area contributed by atoms with Crippen molar-refractivity contribution in [3.63, 3.8) is 0 Å². The van der Waals surface area contributed by atoms with E-state index in [-0.39, 0.29) is 18.5 Å². The fourth-order valence-corrected chi connectivity index (χ4v) is 0.639. The van der Waals surface area contributed by atoms with Gasteiger partial charge in [0, 0.05) is 0 Å². The number of allylic oxidation sites excluding steroid dienone is 2. The maximum Gasteiger partial charge on any atom is 0.245 e. The van der Waals surface area contributed by atoms with Gasteiger partial charge in [0.15, 0.2) is 0 Å². The van der Waals surface area contributed by atoms with Gasteiger partial charge in [-0.1, -0.05) is 12.2 Å². The third kappa shape index (κ3) is 6.80. The minimum absolute atomic E-state index is 0.145. The van der Waals surface area contributed by atoms with Gasteiger partial charge in [-0.3, -0.25) is 9.59 Å². The quantitative estimate of drug-likeness (QED) is 0.486. The summed E-state index contributed by atoms with van der Waals surface area (Å²) in [6.45, 7) is 3.64. The average Bonchev–Trinajstić information content (AvgIpc) is 2.05. The van der Waals surface area contributed by atoms with Gasteiger partial charge in [0.25, 0.3) is 0 Å². The first-order valence-corrected chi connectivity index (χ1v) is 4.01. The molecule has 0 heterocycles. The van der Waals surface area contributed by atoms with Crippen LogP contribution in [0.4, 0.5) is 0 Å². The molecule has 0 aromatic rings. The largest absolute Gasteiger partial charge is 0.335 e. The highest BCUT2D eigenvalue weighted by Crippen LogP contribution is 1.72. The molecule has 0 atom stereocenters. The van der Waals surface area contributed by atoms with Crippen molar-refractivity contribution in [2.45, 2.75) is 13.8 Å². The summed E-state index contributed by atoms with van der Waals surface area (Å²) in [6, 6.07) is 0. The summed E-state index contributed by atoms with van der Waals surface area (Å²) in [5.41, 5.74) is 0. The molecule has 0 aliphatic heterocycles. The van der Waals surface area contributed by atoms with Crippen molar-refractivity contribution in [1.82, 2.24) is 10.6 Å². The van der Waals surface area contributed by atoms with Gasteiger partial charge in [0.1, 0.15) is 0 Å². The van der Waals surface area contributed by atoms with Crippen LogP contribution in [0.3, 0.4) is 0 Å². The molecule has 0 fully saturated rings. The first kappa shape index (κ1) is 11.4. The smallest absolute Gasteiger partial charge is 0.245 e. The van der Waals surface area contributed by atoms with Crippen LogP contribution in [0.5, 0.6) is 0 Å². The summed E-state index contributed by atoms with van der Waals surface area (Å²) >= 11 is 0. The second-order valence-corrected chi connectivity index (χ2v) is 2.26. The molecule has 0 radical (unpaired) electrons. The maximum absolute atomic E-state index is 10.8. The van der Waals surface area contributed by atoms with Crippen molar-refractivity contribution in [2.75, 3.05) is 6.67 Å². The SMILES string of the molecule is CC=CC(=O)NCNC(=O)C=CC. The van der Waals surface area contributed by atoms with Crippen LogP contribution >= 0.6 is 0 Å². The fourth-order valence-electron chi connectivity index (χ4n) is 0.639. The van der Waals surface area contributed by atoms with E-state index in [0.717, 1.165) is 0 Å². The second kappa shape index (κ2) is 7.09. The zero-order valence-corrected chi connectivity index (χ0v) is 7.83. The first-order chi connectivity index (χ1) is 6.20. The van der Waals surface area contributed by atoms with Gasteiger partial charge >= 0.3 is 0 Å². The number of amides is 2. The van der Waals surface area contributed by atoms with E-state index in [2.05, 4.69) is 10.6 Å². The van der Waals surface area contributed by atoms with E-state index in [1.807, 2.05) is 0 Å². The van der Waals surface area contributed by atoms with Crippen LogP contribution in [0.15, 0.2) is 24.3 Å². The Morgan fingerprint density at radius 2 is 1.38 bits per heavy atom. The zero-order chi connectivity index (χ0) is 10.1. The lowest BCUT2D eigenvalue weighted by Gasteiger charge is -2.01. The van der Waals surface area contributed by atoms with Crippen LogP contribution < -0.4 is 10.6 Å². The Labute approximate surface area is 77.7 Å². The Morgan fingerprint density at radius 3 is 1.69 bits per heavy atom. The monoisotopic (exact) mass is 182 g/mol. The van der Waals surface area contributed by atoms with Crippen LogP contribution in [-0.4, -0.2) is 18.5 Å². The first-order valence-electron chi connectivity index (χ1n) is 4.01. The molecule has 72 valence electrons. The Morgan fingerprint density at radius 1 is 1.00 bits per heavy atom. The molecular weight excluding hydrogens is 168 g/mol. The van der Waals surface area contributed by atoms with Gasteiger partial charge in [-0.15, -0.1) is 0 Å². The van der Waals surface area contributed by atoms with Crippen LogP contribution in [0, 0.1) is 0 Å². The maximum atomic E-state index is 10.8. The number of nitrogens with one attached hydrogen (secondary N) is 2. The molecule has 0 aliphatic carbocycles. The second-order valence-electron chi connectivity index (χ2n) is 2.26. The van der Waals surface area contributed by atoms with Gasteiger partial charge in [0.2, 0.25) is 11.8 Å². The van der Waals surface area contributed by atoms with Crippen LogP contribution in [-0.2, 0) is 9.59 Å². The Kier molecular flexibility index (Phi) is 6.23. The van der Waals surface area contributed by atoms with E-state index in [1.165, 1.54) is 12.2 Å². The highest BCUT2D eigenvalue weighted by molar-refractivity contribution is 5.89. The standard InChI is InChI=1S/C9H14N2O2/c1-3-5-8(12)10-7-11-9(13)6-4-2/h3-6H,7H2,1-2H3,(H,10,12)(H,11,13). The lowest BCUT2D eigenvalue weighted by Crippen LogP contribution is -2.35. The predicted octanol–water partition coefficient (Wildman–Crippen LogP) is 0.329. The molecule has 2 amide bonds. The molecule has 0 spiro atoms. The van der Waals surface area contributed by atoms with Gasteiger partial charge in [-0.25, -0.2) is 0 Å². The summed E-state index contributed by atoms with van der Waals surface area (Å²) in [7, 11) is 0. The molecule has 0 saturated carbocycles. The lowest BCUT2D eigenvalue weighted by atomic mass is 10.5. The number of hydrogen-bond acceptors (Lipinski definition) is 2. The topological polar surface area (TPSA) is 58.2 Å². The third-order valence-corrected chi connectivity index (χ3v) is 1.16. The van der Waals surface area contributed by atoms with Crippen LogP contribution in [0.2, 0.25) is 0 Å². The Balaban J connectivity index is 3.56. The normalized spacial score (nSPS) is 10.6. The van der Waals surface area contributed by atoms with Gasteiger partial charge in [-0.05, 0) is 26.0 Å². The molecule has 13 heavy (non-hydrogen) atoms. The van der Waals surface area contributed by atoms with E-state index in [4.69, 9.17) is 0 Å². The highest BCUT2D eigenvalue weighted by atomic mass is 16.2. The Hall–Kier alpha value is -1.58. The van der Waals surface area contributed by atoms with E-state index in [1.54, 1.807) is 26.0 Å². The molecule has 2 N–H and O–H groups in total. The van der Waals surface area contributed by atoms with Gasteiger partial charge in [0.05, 0.1) is 6.67 Å². The van der Waals surface area contributed by atoms with Crippen molar-refractivity contribution in [1.29, 1.82) is 0 Å². The van der Waals surface area contributed by atoms with Crippen LogP contribution in [0.1, 0.15) is 13.8 Å². The number of hydrogen-bond donors (Lipinski definition) is 2. The number of rotatable bonds is 4. The minimum Gasteiger partial charge on any atom is -0.335 e. The minimum atomic E-state index is -0.219. The number of carbonyl (C=O) groups is 2. The summed E-state index contributed by atoms with van der Waals surface area (Å²) in [4.78, 5) is 21.6. The van der Waals surface area contributed by atoms with Crippen molar-refractivity contribution in [3.05, 3.63) is 24.3 Å². The Bertz CT molecular complexity index is 208. The molecule has 0 saturated heterocycles. The summed E-state index contributed by atoms with van der Waals surface area (Å²) in [6.07, 6.45) is 6.04. The zero-order valence-electron chi connectivity index (χ0n) is 7.83. The molecule has 0 aromatic heterocycles. The van der Waals surface area contributed by atoms with E-state index >= 15 is 0 Å². The molecule has 0 aliphatic rings. The highest BCUT2D eigenvalue weighted by Gasteiger charge is 1.94. The molecule has 4 nitrogen and oxygen atoms in total. The van der Waals surface area contributed by atoms with Crippen molar-refractivity contribution in [3.8, 4) is 0 Å². The predicted molar refractivity (Wildman–Crippen MR) is 50.8 cm³/mol. The fraction of sp³-hybridized carbons (Fsp3) is 0.333. The van der Waals surface area contributed by atoms with Crippen LogP contribution in [0.25, 0.3) is 0 Å². The van der Waals surface area contributed by atoms with Crippen molar-refractivity contribution >= 4 is 11.8 Å². The summed E-state index contributed by atoms with van der Waals surface area (Å²) in [5, 5.41) is 4.96. The third-order valence-electron chi connectivity index (χ3n) is 1.16. The van der Waals surface area contributed by atoms with Gasteiger partial charge in [-0.2, -0.15) is 0 Å². The van der Waals surface area contributed by atoms with E-state index in [9.17, 15) is 9.59 Å². The molecule has 0 aromatic carbocycles. The molecule has 4 heteroatoms. The average molecular weight is 182 g/mol. The molecular formula is C9H14N2O2. The summed E-state index contributed by atoms with van der Waals surface area (Å²) < 4.78 is 0. The molecule has 0 rings (SSSR count). The van der Waals surface area contributed by atoms with Crippen molar-refractivity contribution in [2.24, 2.45) is 0 Å². The summed E-state index contributed by atoms with van der Waals surface area (Å²) in [5.74, 6) is -0.438. The number of carbonyl (C=O) groups excluding carboxylic acids is 2. The lowest BCUT2D eigenvalue weighted by molar-refractivity contribution is -0.118. The molecule has 0 unspecified atom stereocenters. The van der Waals surface area contributed by atoms with Gasteiger partial charge < -0.3 is 10.6 Å². The van der Waals surface area contributed by atoms with E-state index < -0.39 is 0 Å². The van der Waals surface area contributed by atoms with E-state index in [0.29, 0.717) is 0 Å². The van der Waals surface area contributed by atoms with Crippen molar-refractivity contribution < 1.29 is 9.59 Å². The molecule has 0 bridgehead atoms.